The second kappa shape index (κ2) is 3.02. The van der Waals surface area contributed by atoms with Crippen molar-refractivity contribution >= 4 is 16.7 Å². The summed E-state index contributed by atoms with van der Waals surface area (Å²) in [5, 5.41) is 10.9. The zero-order chi connectivity index (χ0) is 10.1. The maximum atomic E-state index is 12.7. The molecule has 2 aromatic rings. The molecule has 1 heterocycles. The molecule has 1 aromatic heterocycles. The van der Waals surface area contributed by atoms with Crippen LogP contribution < -0.4 is 0 Å². The van der Waals surface area contributed by atoms with Crippen LogP contribution in [0, 0.1) is 15.9 Å². The maximum absolute atomic E-state index is 12.7. The number of hydrogen-bond donors (Lipinski definition) is 0. The summed E-state index contributed by atoms with van der Waals surface area (Å²) in [6.07, 6.45) is 0. The van der Waals surface area contributed by atoms with Crippen molar-refractivity contribution in [2.75, 3.05) is 0 Å². The van der Waals surface area contributed by atoms with Gasteiger partial charge in [0.1, 0.15) is 5.82 Å². The average molecular weight is 192 g/mol. The van der Waals surface area contributed by atoms with E-state index >= 15 is 0 Å². The number of nitrogens with zero attached hydrogens (tertiary/aromatic N) is 2. The Morgan fingerprint density at radius 1 is 1.29 bits per heavy atom. The second-order valence-electron chi connectivity index (χ2n) is 2.76. The fourth-order valence-corrected chi connectivity index (χ4v) is 1.19. The van der Waals surface area contributed by atoms with E-state index in [0.717, 1.165) is 0 Å². The van der Waals surface area contributed by atoms with E-state index < -0.39 is 4.92 Å². The van der Waals surface area contributed by atoms with Crippen molar-refractivity contribution in [2.24, 2.45) is 0 Å². The summed E-state index contributed by atoms with van der Waals surface area (Å²) in [4.78, 5) is 13.6. The lowest BCUT2D eigenvalue weighted by atomic mass is 10.2. The van der Waals surface area contributed by atoms with Gasteiger partial charge >= 0.3 is 5.82 Å². The van der Waals surface area contributed by atoms with Crippen LogP contribution in [-0.2, 0) is 0 Å². The van der Waals surface area contributed by atoms with E-state index in [1.165, 1.54) is 30.3 Å². The molecule has 4 nitrogen and oxygen atoms in total. The van der Waals surface area contributed by atoms with E-state index in [9.17, 15) is 14.5 Å². The number of nitro groups is 1. The predicted molar refractivity (Wildman–Crippen MR) is 48.4 cm³/mol. The lowest BCUT2D eigenvalue weighted by molar-refractivity contribution is -0.389. The summed E-state index contributed by atoms with van der Waals surface area (Å²) in [5.41, 5.74) is 0.417. The van der Waals surface area contributed by atoms with Crippen LogP contribution in [0.1, 0.15) is 0 Å². The van der Waals surface area contributed by atoms with Gasteiger partial charge in [-0.1, -0.05) is 0 Å². The largest absolute Gasteiger partial charge is 0.364 e. The summed E-state index contributed by atoms with van der Waals surface area (Å²) in [5.74, 6) is -0.614. The molecule has 0 saturated carbocycles. The number of halogens is 1. The fourth-order valence-electron chi connectivity index (χ4n) is 1.19. The SMILES string of the molecule is O=[N+]([O-])c1ccc2cc(F)ccc2n1. The Hall–Kier alpha value is -2.04. The number of rotatable bonds is 1. The van der Waals surface area contributed by atoms with Gasteiger partial charge in [-0.15, -0.1) is 0 Å². The van der Waals surface area contributed by atoms with E-state index in [1.54, 1.807) is 0 Å². The first kappa shape index (κ1) is 8.55. The molecule has 0 radical (unpaired) electrons. The molecule has 14 heavy (non-hydrogen) atoms. The number of fused-ring (bicyclic) bond motifs is 1. The predicted octanol–water partition coefficient (Wildman–Crippen LogP) is 2.28. The highest BCUT2D eigenvalue weighted by Gasteiger charge is 2.08. The summed E-state index contributed by atoms with van der Waals surface area (Å²) >= 11 is 0. The molecular weight excluding hydrogens is 187 g/mol. The zero-order valence-corrected chi connectivity index (χ0v) is 6.98. The van der Waals surface area contributed by atoms with Crippen LogP contribution in [0.4, 0.5) is 10.2 Å². The number of hydrogen-bond acceptors (Lipinski definition) is 3. The Bertz CT molecular complexity index is 513. The smallest absolute Gasteiger partial charge is 0.358 e. The van der Waals surface area contributed by atoms with Crippen LogP contribution in [-0.4, -0.2) is 9.91 Å². The van der Waals surface area contributed by atoms with E-state index in [1.807, 2.05) is 0 Å². The van der Waals surface area contributed by atoms with Crippen LogP contribution >= 0.6 is 0 Å². The minimum Gasteiger partial charge on any atom is -0.358 e. The highest BCUT2D eigenvalue weighted by atomic mass is 19.1. The van der Waals surface area contributed by atoms with Crippen LogP contribution in [0.15, 0.2) is 30.3 Å². The fraction of sp³-hybridized carbons (Fsp3) is 0. The molecular formula is C9H5FN2O2. The second-order valence-corrected chi connectivity index (χ2v) is 2.76. The zero-order valence-electron chi connectivity index (χ0n) is 6.98. The maximum Gasteiger partial charge on any atom is 0.364 e. The lowest BCUT2D eigenvalue weighted by Crippen LogP contribution is -1.91. The van der Waals surface area contributed by atoms with Gasteiger partial charge < -0.3 is 10.1 Å². The number of aromatic nitrogens is 1. The topological polar surface area (TPSA) is 56.0 Å². The molecule has 1 aromatic carbocycles. The van der Waals surface area contributed by atoms with Crippen LogP contribution in [0.2, 0.25) is 0 Å². The number of pyridine rings is 1. The first-order valence-electron chi connectivity index (χ1n) is 3.87. The first-order chi connectivity index (χ1) is 6.66. The molecule has 0 aliphatic rings. The van der Waals surface area contributed by atoms with Crippen molar-refractivity contribution in [1.29, 1.82) is 0 Å². The molecule has 2 rings (SSSR count). The van der Waals surface area contributed by atoms with Crippen molar-refractivity contribution < 1.29 is 9.31 Å². The van der Waals surface area contributed by atoms with Gasteiger partial charge in [0.25, 0.3) is 0 Å². The highest BCUT2D eigenvalue weighted by molar-refractivity contribution is 5.79. The van der Waals surface area contributed by atoms with E-state index in [0.29, 0.717) is 10.9 Å². The average Bonchev–Trinajstić information content (AvgIpc) is 2.16. The normalized spacial score (nSPS) is 10.4. The molecule has 70 valence electrons. The summed E-state index contributed by atoms with van der Waals surface area (Å²) in [6.45, 7) is 0. The molecule has 0 unspecified atom stereocenters. The van der Waals surface area contributed by atoms with Crippen LogP contribution in [0.3, 0.4) is 0 Å². The van der Waals surface area contributed by atoms with Gasteiger partial charge in [0.05, 0.1) is 0 Å². The molecule has 0 aliphatic heterocycles. The molecule has 0 bridgehead atoms. The third kappa shape index (κ3) is 1.39. The minimum absolute atomic E-state index is 0.232. The van der Waals surface area contributed by atoms with Gasteiger partial charge in [0, 0.05) is 11.5 Å². The molecule has 0 spiro atoms. The molecule has 0 saturated heterocycles. The Morgan fingerprint density at radius 3 is 2.79 bits per heavy atom. The Labute approximate surface area is 78.2 Å². The summed E-state index contributed by atoms with van der Waals surface area (Å²) < 4.78 is 12.7. The van der Waals surface area contributed by atoms with Crippen molar-refractivity contribution in [2.45, 2.75) is 0 Å². The summed E-state index contributed by atoms with van der Waals surface area (Å²) in [7, 11) is 0. The standard InChI is InChI=1S/C9H5FN2O2/c10-7-2-3-8-6(5-7)1-4-9(11-8)12(13)14/h1-5H. The van der Waals surface area contributed by atoms with Gasteiger partial charge in [-0.05, 0) is 34.2 Å². The van der Waals surface area contributed by atoms with E-state index in [-0.39, 0.29) is 11.6 Å². The van der Waals surface area contributed by atoms with Gasteiger partial charge in [-0.3, -0.25) is 0 Å². The monoisotopic (exact) mass is 192 g/mol. The Kier molecular flexibility index (Phi) is 1.85. The van der Waals surface area contributed by atoms with E-state index in [2.05, 4.69) is 4.98 Å². The van der Waals surface area contributed by atoms with E-state index in [4.69, 9.17) is 0 Å². The molecule has 0 fully saturated rings. The van der Waals surface area contributed by atoms with Crippen LogP contribution in [0.25, 0.3) is 10.9 Å². The molecule has 5 heteroatoms. The lowest BCUT2D eigenvalue weighted by Gasteiger charge is -1.94. The quantitative estimate of drug-likeness (QED) is 0.514. The van der Waals surface area contributed by atoms with Crippen molar-refractivity contribution in [3.05, 3.63) is 46.3 Å². The highest BCUT2D eigenvalue weighted by Crippen LogP contribution is 2.17. The molecule has 0 N–H and O–H groups in total. The van der Waals surface area contributed by atoms with Crippen molar-refractivity contribution in [3.8, 4) is 0 Å². The Balaban J connectivity index is 2.67. The first-order valence-corrected chi connectivity index (χ1v) is 3.87. The molecule has 0 atom stereocenters. The van der Waals surface area contributed by atoms with Gasteiger partial charge in [0.15, 0.2) is 5.52 Å². The Morgan fingerprint density at radius 2 is 2.07 bits per heavy atom. The third-order valence-corrected chi connectivity index (χ3v) is 1.82. The molecule has 0 amide bonds. The van der Waals surface area contributed by atoms with Gasteiger partial charge in [-0.2, -0.15) is 0 Å². The third-order valence-electron chi connectivity index (χ3n) is 1.82. The van der Waals surface area contributed by atoms with Crippen molar-refractivity contribution in [1.82, 2.24) is 4.98 Å². The molecule has 0 aliphatic carbocycles. The van der Waals surface area contributed by atoms with Crippen molar-refractivity contribution in [3.63, 3.8) is 0 Å². The van der Waals surface area contributed by atoms with Gasteiger partial charge in [-0.25, -0.2) is 4.39 Å². The number of benzene rings is 1. The minimum atomic E-state index is -0.581. The summed E-state index contributed by atoms with van der Waals surface area (Å²) in [6, 6.07) is 6.65. The van der Waals surface area contributed by atoms with Crippen LogP contribution in [0.5, 0.6) is 0 Å². The van der Waals surface area contributed by atoms with Gasteiger partial charge in [0.2, 0.25) is 0 Å².